The summed E-state index contributed by atoms with van der Waals surface area (Å²) in [5.74, 6) is -0.715. The quantitative estimate of drug-likeness (QED) is 0.787. The predicted octanol–water partition coefficient (Wildman–Crippen LogP) is 4.01. The molecule has 0 saturated heterocycles. The van der Waals surface area contributed by atoms with Gasteiger partial charge in [-0.2, -0.15) is 0 Å². The van der Waals surface area contributed by atoms with Crippen LogP contribution in [0.2, 0.25) is 0 Å². The van der Waals surface area contributed by atoms with Gasteiger partial charge in [0.25, 0.3) is 5.91 Å². The second-order valence-electron chi connectivity index (χ2n) is 5.87. The second-order valence-corrected chi connectivity index (χ2v) is 5.87. The fourth-order valence-corrected chi connectivity index (χ4v) is 2.71. The van der Waals surface area contributed by atoms with Gasteiger partial charge >= 0.3 is 5.97 Å². The number of amides is 1. The Morgan fingerprint density at radius 1 is 1.17 bits per heavy atom. The number of benzene rings is 1. The van der Waals surface area contributed by atoms with E-state index in [-0.39, 0.29) is 5.91 Å². The lowest BCUT2D eigenvalue weighted by molar-refractivity contribution is 0.0599. The number of anilines is 1. The molecule has 0 bridgehead atoms. The van der Waals surface area contributed by atoms with Gasteiger partial charge in [0.2, 0.25) is 0 Å². The zero-order valence-corrected chi connectivity index (χ0v) is 14.7. The monoisotopic (exact) mass is 328 g/mol. The molecule has 1 heterocycles. The molecule has 0 aliphatic heterocycles. The fourth-order valence-electron chi connectivity index (χ4n) is 2.71. The number of carbonyl (C=O) groups is 2. The number of hydrogen-bond acceptors (Lipinski definition) is 3. The molecule has 1 aromatic heterocycles. The van der Waals surface area contributed by atoms with Crippen LogP contribution in [0.5, 0.6) is 0 Å². The molecule has 0 radical (unpaired) electrons. The van der Waals surface area contributed by atoms with Gasteiger partial charge in [-0.1, -0.05) is 25.5 Å². The first kappa shape index (κ1) is 17.8. The second kappa shape index (κ2) is 7.81. The normalized spacial score (nSPS) is 10.5. The molecule has 0 spiro atoms. The molecular formula is C19H24N2O3. The lowest BCUT2D eigenvalue weighted by Crippen LogP contribution is -2.14. The maximum absolute atomic E-state index is 12.5. The smallest absolute Gasteiger partial charge is 0.339 e. The van der Waals surface area contributed by atoms with Gasteiger partial charge in [0, 0.05) is 11.4 Å². The first-order valence-corrected chi connectivity index (χ1v) is 8.15. The van der Waals surface area contributed by atoms with Crippen LogP contribution in [0.15, 0.2) is 24.3 Å². The van der Waals surface area contributed by atoms with E-state index in [4.69, 9.17) is 4.74 Å². The van der Waals surface area contributed by atoms with Crippen LogP contribution in [-0.4, -0.2) is 24.0 Å². The molecule has 0 aliphatic carbocycles. The summed E-state index contributed by atoms with van der Waals surface area (Å²) in [4.78, 5) is 27.2. The van der Waals surface area contributed by atoms with Crippen molar-refractivity contribution in [3.05, 3.63) is 52.3 Å². The van der Waals surface area contributed by atoms with Crippen molar-refractivity contribution in [1.82, 2.24) is 4.98 Å². The van der Waals surface area contributed by atoms with E-state index < -0.39 is 5.97 Å². The summed E-state index contributed by atoms with van der Waals surface area (Å²) in [6, 6.07) is 7.85. The van der Waals surface area contributed by atoms with Gasteiger partial charge in [-0.05, 0) is 49.9 Å². The highest BCUT2D eigenvalue weighted by Crippen LogP contribution is 2.20. The Hall–Kier alpha value is -2.56. The Kier molecular flexibility index (Phi) is 5.79. The van der Waals surface area contributed by atoms with Crippen LogP contribution in [0.4, 0.5) is 5.69 Å². The van der Waals surface area contributed by atoms with Gasteiger partial charge in [0.1, 0.15) is 5.69 Å². The Bertz CT molecular complexity index is 730. The van der Waals surface area contributed by atoms with Crippen molar-refractivity contribution in [3.8, 4) is 0 Å². The van der Waals surface area contributed by atoms with E-state index in [9.17, 15) is 9.59 Å². The van der Waals surface area contributed by atoms with Crippen molar-refractivity contribution in [1.29, 1.82) is 0 Å². The molecule has 1 amide bonds. The molecular weight excluding hydrogens is 304 g/mol. The molecule has 2 rings (SSSR count). The lowest BCUT2D eigenvalue weighted by Gasteiger charge is -2.06. The molecule has 24 heavy (non-hydrogen) atoms. The van der Waals surface area contributed by atoms with Gasteiger partial charge in [-0.3, -0.25) is 4.79 Å². The van der Waals surface area contributed by atoms with Crippen LogP contribution in [0, 0.1) is 13.8 Å². The average Bonchev–Trinajstić information content (AvgIpc) is 2.88. The molecule has 2 aromatic rings. The molecule has 0 aliphatic rings. The van der Waals surface area contributed by atoms with Gasteiger partial charge in [-0.15, -0.1) is 0 Å². The summed E-state index contributed by atoms with van der Waals surface area (Å²) in [5.41, 5.74) is 4.00. The number of esters is 1. The molecule has 0 unspecified atom stereocenters. The Morgan fingerprint density at radius 2 is 1.83 bits per heavy atom. The van der Waals surface area contributed by atoms with E-state index in [1.54, 1.807) is 13.8 Å². The van der Waals surface area contributed by atoms with Crippen LogP contribution in [-0.2, 0) is 11.2 Å². The van der Waals surface area contributed by atoms with E-state index in [2.05, 4.69) is 17.2 Å². The summed E-state index contributed by atoms with van der Waals surface area (Å²) in [5, 5.41) is 2.86. The van der Waals surface area contributed by atoms with Gasteiger partial charge in [-0.25, -0.2) is 4.79 Å². The van der Waals surface area contributed by atoms with Crippen molar-refractivity contribution in [2.24, 2.45) is 0 Å². The lowest BCUT2D eigenvalue weighted by atomic mass is 10.1. The van der Waals surface area contributed by atoms with Crippen molar-refractivity contribution in [2.75, 3.05) is 12.4 Å². The first-order valence-electron chi connectivity index (χ1n) is 8.15. The number of methoxy groups -OCH3 is 1. The number of hydrogen-bond donors (Lipinski definition) is 2. The standard InChI is InChI=1S/C19H24N2O3/c1-5-6-7-14-8-10-15(11-9-14)21-18(22)17-12(2)16(13(3)20-17)19(23)24-4/h8-11,20H,5-7H2,1-4H3,(H,21,22). The molecule has 0 fully saturated rings. The first-order chi connectivity index (χ1) is 11.5. The number of aromatic amines is 1. The molecule has 5 nitrogen and oxygen atoms in total. The number of aromatic nitrogens is 1. The minimum absolute atomic E-state index is 0.271. The van der Waals surface area contributed by atoms with E-state index in [0.29, 0.717) is 22.5 Å². The third-order valence-corrected chi connectivity index (χ3v) is 4.08. The molecule has 0 atom stereocenters. The predicted molar refractivity (Wildman–Crippen MR) is 94.6 cm³/mol. The van der Waals surface area contributed by atoms with Crippen LogP contribution in [0.3, 0.4) is 0 Å². The maximum atomic E-state index is 12.5. The zero-order chi connectivity index (χ0) is 17.7. The van der Waals surface area contributed by atoms with E-state index in [0.717, 1.165) is 24.9 Å². The topological polar surface area (TPSA) is 71.2 Å². The van der Waals surface area contributed by atoms with Gasteiger partial charge in [0.05, 0.1) is 12.7 Å². The largest absolute Gasteiger partial charge is 0.465 e. The third-order valence-electron chi connectivity index (χ3n) is 4.08. The van der Waals surface area contributed by atoms with Gasteiger partial charge < -0.3 is 15.0 Å². The Morgan fingerprint density at radius 3 is 2.42 bits per heavy atom. The number of ether oxygens (including phenoxy) is 1. The molecule has 1 aromatic carbocycles. The van der Waals surface area contributed by atoms with Gasteiger partial charge in [0.15, 0.2) is 0 Å². The maximum Gasteiger partial charge on any atom is 0.339 e. The summed E-state index contributed by atoms with van der Waals surface area (Å²) in [6.07, 6.45) is 3.36. The average molecular weight is 328 g/mol. The highest BCUT2D eigenvalue weighted by molar-refractivity contribution is 6.06. The van der Waals surface area contributed by atoms with Crippen molar-refractivity contribution in [3.63, 3.8) is 0 Å². The third kappa shape index (κ3) is 3.85. The molecule has 0 saturated carbocycles. The minimum atomic E-state index is -0.444. The molecule has 2 N–H and O–H groups in total. The van der Waals surface area contributed by atoms with Crippen LogP contribution in [0.25, 0.3) is 0 Å². The number of rotatable bonds is 6. The van der Waals surface area contributed by atoms with Crippen molar-refractivity contribution in [2.45, 2.75) is 40.0 Å². The van der Waals surface area contributed by atoms with Crippen molar-refractivity contribution < 1.29 is 14.3 Å². The summed E-state index contributed by atoms with van der Waals surface area (Å²) >= 11 is 0. The highest BCUT2D eigenvalue weighted by Gasteiger charge is 2.22. The van der Waals surface area contributed by atoms with Crippen molar-refractivity contribution >= 4 is 17.6 Å². The van der Waals surface area contributed by atoms with E-state index in [1.165, 1.54) is 12.7 Å². The number of unbranched alkanes of at least 4 members (excludes halogenated alkanes) is 1. The molecule has 5 heteroatoms. The van der Waals surface area contributed by atoms with Crippen LogP contribution < -0.4 is 5.32 Å². The number of nitrogens with one attached hydrogen (secondary N) is 2. The number of aryl methyl sites for hydroxylation is 2. The van der Waals surface area contributed by atoms with Crippen LogP contribution >= 0.6 is 0 Å². The highest BCUT2D eigenvalue weighted by atomic mass is 16.5. The summed E-state index contributed by atoms with van der Waals surface area (Å²) in [6.45, 7) is 5.65. The minimum Gasteiger partial charge on any atom is -0.465 e. The van der Waals surface area contributed by atoms with Crippen LogP contribution in [0.1, 0.15) is 57.4 Å². The Balaban J connectivity index is 2.14. The van der Waals surface area contributed by atoms with E-state index >= 15 is 0 Å². The summed E-state index contributed by atoms with van der Waals surface area (Å²) < 4.78 is 4.76. The fraction of sp³-hybridized carbons (Fsp3) is 0.368. The molecule has 128 valence electrons. The van der Waals surface area contributed by atoms with E-state index in [1.807, 2.05) is 24.3 Å². The SMILES string of the molecule is CCCCc1ccc(NC(=O)c2[nH]c(C)c(C(=O)OC)c2C)cc1. The zero-order valence-electron chi connectivity index (χ0n) is 14.7. The Labute approximate surface area is 142 Å². The summed E-state index contributed by atoms with van der Waals surface area (Å²) in [7, 11) is 1.33. The number of H-pyrrole nitrogens is 1. The number of carbonyl (C=O) groups excluding carboxylic acids is 2.